The average molecular weight is 298 g/mol. The monoisotopic (exact) mass is 297 g/mol. The van der Waals surface area contributed by atoms with Gasteiger partial charge in [-0.1, -0.05) is 0 Å². The molecule has 0 spiro atoms. The summed E-state index contributed by atoms with van der Waals surface area (Å²) < 4.78 is 37.1. The molecule has 8 heteroatoms. The second-order valence-electron chi connectivity index (χ2n) is 3.69. The van der Waals surface area contributed by atoms with Crippen molar-refractivity contribution in [1.82, 2.24) is 15.6 Å². The van der Waals surface area contributed by atoms with Crippen molar-refractivity contribution < 1.29 is 18.0 Å². The molecule has 0 unspecified atom stereocenters. The van der Waals surface area contributed by atoms with Crippen molar-refractivity contribution in [3.63, 3.8) is 0 Å². The van der Waals surface area contributed by atoms with Gasteiger partial charge in [0.05, 0.1) is 11.3 Å². The van der Waals surface area contributed by atoms with E-state index in [4.69, 9.17) is 0 Å². The van der Waals surface area contributed by atoms with Gasteiger partial charge in [0.15, 0.2) is 0 Å². The van der Waals surface area contributed by atoms with E-state index in [1.165, 1.54) is 6.92 Å². The molecule has 0 saturated carbocycles. The molecule has 1 amide bonds. The number of likely N-dealkylation sites (N-methyl/N-ethyl adjacent to an activating group) is 1. The first kappa shape index (κ1) is 17.7. The minimum atomic E-state index is -4.49. The third-order valence-corrected chi connectivity index (χ3v) is 2.28. The Balaban J connectivity index is 0.00000324. The van der Waals surface area contributed by atoms with Crippen LogP contribution in [-0.2, 0) is 6.18 Å². The van der Waals surface area contributed by atoms with Crippen molar-refractivity contribution in [3.05, 3.63) is 29.1 Å². The summed E-state index contributed by atoms with van der Waals surface area (Å²) in [5, 5.41) is 5.42. The first-order valence-electron chi connectivity index (χ1n) is 5.34. The van der Waals surface area contributed by atoms with Crippen LogP contribution >= 0.6 is 12.4 Å². The van der Waals surface area contributed by atoms with Gasteiger partial charge in [0.25, 0.3) is 5.91 Å². The molecule has 1 heterocycles. The predicted molar refractivity (Wildman–Crippen MR) is 67.5 cm³/mol. The van der Waals surface area contributed by atoms with Gasteiger partial charge in [-0.2, -0.15) is 13.2 Å². The van der Waals surface area contributed by atoms with Gasteiger partial charge in [-0.25, -0.2) is 4.98 Å². The number of nitrogens with one attached hydrogen (secondary N) is 2. The summed E-state index contributed by atoms with van der Waals surface area (Å²) >= 11 is 0. The first-order chi connectivity index (χ1) is 8.36. The Morgan fingerprint density at radius 3 is 2.42 bits per heavy atom. The molecule has 2 N–H and O–H groups in total. The largest absolute Gasteiger partial charge is 0.433 e. The Kier molecular flexibility index (Phi) is 6.78. The van der Waals surface area contributed by atoms with E-state index < -0.39 is 17.8 Å². The molecule has 0 fully saturated rings. The number of hydrogen-bond acceptors (Lipinski definition) is 3. The van der Waals surface area contributed by atoms with Crippen molar-refractivity contribution in [2.45, 2.75) is 13.1 Å². The minimum Gasteiger partial charge on any atom is -0.351 e. The van der Waals surface area contributed by atoms with Gasteiger partial charge in [0, 0.05) is 13.1 Å². The SMILES string of the molecule is CNCCNC(=O)c1ccc(C(F)(F)F)nc1C.Cl. The van der Waals surface area contributed by atoms with Crippen molar-refractivity contribution >= 4 is 18.3 Å². The van der Waals surface area contributed by atoms with E-state index in [-0.39, 0.29) is 23.7 Å². The van der Waals surface area contributed by atoms with Gasteiger partial charge in [-0.3, -0.25) is 4.79 Å². The van der Waals surface area contributed by atoms with Crippen molar-refractivity contribution in [2.24, 2.45) is 0 Å². The molecule has 0 aliphatic carbocycles. The average Bonchev–Trinajstić information content (AvgIpc) is 2.27. The molecule has 0 bridgehead atoms. The molecule has 0 radical (unpaired) electrons. The van der Waals surface area contributed by atoms with Crippen LogP contribution in [0.5, 0.6) is 0 Å². The lowest BCUT2D eigenvalue weighted by Gasteiger charge is -2.10. The van der Waals surface area contributed by atoms with Crippen LogP contribution in [0.4, 0.5) is 13.2 Å². The fourth-order valence-corrected chi connectivity index (χ4v) is 1.36. The van der Waals surface area contributed by atoms with Crippen LogP contribution in [0.2, 0.25) is 0 Å². The molecule has 0 aromatic carbocycles. The van der Waals surface area contributed by atoms with Crippen molar-refractivity contribution in [2.75, 3.05) is 20.1 Å². The molecule has 19 heavy (non-hydrogen) atoms. The second-order valence-corrected chi connectivity index (χ2v) is 3.69. The molecule has 108 valence electrons. The van der Waals surface area contributed by atoms with Gasteiger partial charge in [-0.05, 0) is 26.1 Å². The third-order valence-electron chi connectivity index (χ3n) is 2.28. The number of halogens is 4. The summed E-state index contributed by atoms with van der Waals surface area (Å²) in [4.78, 5) is 15.0. The smallest absolute Gasteiger partial charge is 0.351 e. The van der Waals surface area contributed by atoms with Crippen LogP contribution in [0, 0.1) is 6.92 Å². The Morgan fingerprint density at radius 2 is 1.95 bits per heavy atom. The highest BCUT2D eigenvalue weighted by Gasteiger charge is 2.32. The quantitative estimate of drug-likeness (QED) is 0.833. The van der Waals surface area contributed by atoms with Crippen LogP contribution in [0.25, 0.3) is 0 Å². The maximum Gasteiger partial charge on any atom is 0.433 e. The van der Waals surface area contributed by atoms with Crippen LogP contribution in [0.15, 0.2) is 12.1 Å². The van der Waals surface area contributed by atoms with Crippen LogP contribution in [0.1, 0.15) is 21.7 Å². The standard InChI is InChI=1S/C11H14F3N3O.ClH/c1-7-8(10(18)16-6-5-15-2)3-4-9(17-7)11(12,13)14;/h3-4,15H,5-6H2,1-2H3,(H,16,18);1H. The molecule has 0 atom stereocenters. The first-order valence-corrected chi connectivity index (χ1v) is 5.34. The topological polar surface area (TPSA) is 54.0 Å². The Bertz CT molecular complexity index is 438. The van der Waals surface area contributed by atoms with Crippen LogP contribution < -0.4 is 10.6 Å². The second kappa shape index (κ2) is 7.30. The van der Waals surface area contributed by atoms with Gasteiger partial charge in [0.1, 0.15) is 5.69 Å². The number of alkyl halides is 3. The predicted octanol–water partition coefficient (Wildman–Crippen LogP) is 1.78. The normalized spacial score (nSPS) is 10.8. The number of carbonyl (C=O) groups excluding carboxylic acids is 1. The lowest BCUT2D eigenvalue weighted by atomic mass is 10.1. The zero-order valence-corrected chi connectivity index (χ0v) is 11.3. The van der Waals surface area contributed by atoms with Gasteiger partial charge >= 0.3 is 6.18 Å². The van der Waals surface area contributed by atoms with E-state index >= 15 is 0 Å². The van der Waals surface area contributed by atoms with Crippen molar-refractivity contribution in [3.8, 4) is 0 Å². The molecule has 0 saturated heterocycles. The summed E-state index contributed by atoms with van der Waals surface area (Å²) in [6.45, 7) is 2.36. The number of nitrogens with zero attached hydrogens (tertiary/aromatic N) is 1. The summed E-state index contributed by atoms with van der Waals surface area (Å²) in [6.07, 6.45) is -4.49. The summed E-state index contributed by atoms with van der Waals surface area (Å²) in [5.41, 5.74) is -0.780. The number of aryl methyl sites for hydroxylation is 1. The zero-order valence-electron chi connectivity index (χ0n) is 10.5. The Labute approximate surface area is 115 Å². The number of aromatic nitrogens is 1. The van der Waals surface area contributed by atoms with E-state index in [0.29, 0.717) is 13.1 Å². The third kappa shape index (κ3) is 5.04. The lowest BCUT2D eigenvalue weighted by Crippen LogP contribution is -2.31. The zero-order chi connectivity index (χ0) is 13.8. The van der Waals surface area contributed by atoms with E-state index in [9.17, 15) is 18.0 Å². The maximum atomic E-state index is 12.4. The fourth-order valence-electron chi connectivity index (χ4n) is 1.36. The van der Waals surface area contributed by atoms with Gasteiger partial charge in [-0.15, -0.1) is 12.4 Å². The van der Waals surface area contributed by atoms with E-state index in [1.807, 2.05) is 0 Å². The summed E-state index contributed by atoms with van der Waals surface area (Å²) in [5.74, 6) is -0.427. The molecule has 0 aliphatic rings. The number of amides is 1. The highest BCUT2D eigenvalue weighted by atomic mass is 35.5. The van der Waals surface area contributed by atoms with Gasteiger partial charge in [0.2, 0.25) is 0 Å². The maximum absolute atomic E-state index is 12.4. The number of carbonyl (C=O) groups is 1. The molecular formula is C11H15ClF3N3O. The number of rotatable bonds is 4. The number of pyridine rings is 1. The molecule has 1 aromatic rings. The molecule has 0 aliphatic heterocycles. The number of hydrogen-bond donors (Lipinski definition) is 2. The highest BCUT2D eigenvalue weighted by Crippen LogP contribution is 2.28. The Hall–Kier alpha value is -1.34. The highest BCUT2D eigenvalue weighted by molar-refractivity contribution is 5.95. The molecule has 1 aromatic heterocycles. The Morgan fingerprint density at radius 1 is 1.32 bits per heavy atom. The van der Waals surface area contributed by atoms with Crippen LogP contribution in [0.3, 0.4) is 0 Å². The molecule has 1 rings (SSSR count). The fraction of sp³-hybridized carbons (Fsp3) is 0.455. The summed E-state index contributed by atoms with van der Waals surface area (Å²) in [7, 11) is 1.73. The van der Waals surface area contributed by atoms with Gasteiger partial charge < -0.3 is 10.6 Å². The molecular weight excluding hydrogens is 283 g/mol. The minimum absolute atomic E-state index is 0. The van der Waals surface area contributed by atoms with E-state index in [2.05, 4.69) is 15.6 Å². The summed E-state index contributed by atoms with van der Waals surface area (Å²) in [6, 6.07) is 1.94. The van der Waals surface area contributed by atoms with Crippen molar-refractivity contribution in [1.29, 1.82) is 0 Å². The van der Waals surface area contributed by atoms with E-state index in [0.717, 1.165) is 12.1 Å². The molecule has 4 nitrogen and oxygen atoms in total. The lowest BCUT2D eigenvalue weighted by molar-refractivity contribution is -0.141. The van der Waals surface area contributed by atoms with Crippen LogP contribution in [-0.4, -0.2) is 31.0 Å². The van der Waals surface area contributed by atoms with E-state index in [1.54, 1.807) is 7.05 Å².